The fraction of sp³-hybridized carbons (Fsp3) is 0.0606. The summed E-state index contributed by atoms with van der Waals surface area (Å²) in [5.41, 5.74) is 3.79. The van der Waals surface area contributed by atoms with Crippen molar-refractivity contribution in [1.29, 1.82) is 0 Å². The second-order valence-corrected chi connectivity index (χ2v) is 9.13. The van der Waals surface area contributed by atoms with Crippen LogP contribution in [0.3, 0.4) is 0 Å². The molecule has 2 heterocycles. The van der Waals surface area contributed by atoms with Crippen LogP contribution in [-0.4, -0.2) is 15.8 Å². The Hall–Kier alpha value is -5.03. The molecular weight excluding hydrogens is 472 g/mol. The van der Waals surface area contributed by atoms with E-state index in [1.807, 2.05) is 103 Å². The number of allylic oxidation sites excluding steroid dienone is 6. The quantitative estimate of drug-likeness (QED) is 0.170. The number of hydrogen-bond acceptors (Lipinski definition) is 5. The highest BCUT2D eigenvalue weighted by Gasteiger charge is 2.31. The summed E-state index contributed by atoms with van der Waals surface area (Å²) in [6, 6.07) is 28.7. The largest absolute Gasteiger partial charge is 0.465 e. The van der Waals surface area contributed by atoms with Gasteiger partial charge in [0.2, 0.25) is 5.88 Å². The fourth-order valence-electron chi connectivity index (χ4n) is 4.67. The van der Waals surface area contributed by atoms with Crippen LogP contribution in [-0.2, 0) is 5.41 Å². The molecule has 0 aliphatic heterocycles. The number of nitrogens with zero attached hydrogens (tertiary/aromatic N) is 2. The van der Waals surface area contributed by atoms with Crippen molar-refractivity contribution in [3.05, 3.63) is 151 Å². The maximum Gasteiger partial charge on any atom is 0.238 e. The van der Waals surface area contributed by atoms with Crippen molar-refractivity contribution >= 4 is 22.4 Å². The third-order valence-electron chi connectivity index (χ3n) is 6.64. The number of rotatable bonds is 7. The van der Waals surface area contributed by atoms with Gasteiger partial charge in [0, 0.05) is 11.0 Å². The molecule has 1 aliphatic carbocycles. The molecule has 0 saturated carbocycles. The van der Waals surface area contributed by atoms with Crippen LogP contribution in [0, 0.1) is 0 Å². The Balaban J connectivity index is 1.30. The molecule has 0 saturated heterocycles. The molecule has 38 heavy (non-hydrogen) atoms. The molecule has 3 aromatic carbocycles. The van der Waals surface area contributed by atoms with Crippen molar-refractivity contribution in [3.63, 3.8) is 0 Å². The van der Waals surface area contributed by atoms with Gasteiger partial charge in [-0.1, -0.05) is 78.9 Å². The zero-order valence-corrected chi connectivity index (χ0v) is 20.5. The van der Waals surface area contributed by atoms with Crippen molar-refractivity contribution in [2.45, 2.75) is 11.8 Å². The van der Waals surface area contributed by atoms with Crippen molar-refractivity contribution in [1.82, 2.24) is 9.97 Å². The number of carbonyl (C=O) groups is 1. The summed E-state index contributed by atoms with van der Waals surface area (Å²) in [6.45, 7) is 0. The molecule has 1 aliphatic rings. The molecule has 5 heteroatoms. The van der Waals surface area contributed by atoms with Crippen LogP contribution in [0.4, 0.5) is 0 Å². The van der Waals surface area contributed by atoms with Crippen molar-refractivity contribution < 1.29 is 13.9 Å². The average molecular weight is 497 g/mol. The van der Waals surface area contributed by atoms with Gasteiger partial charge in [0.25, 0.3) is 0 Å². The lowest BCUT2D eigenvalue weighted by molar-refractivity contribution is 0.104. The van der Waals surface area contributed by atoms with E-state index in [2.05, 4.69) is 22.1 Å². The Bertz CT molecular complexity index is 1670. The van der Waals surface area contributed by atoms with E-state index in [4.69, 9.17) is 9.15 Å². The molecule has 0 bridgehead atoms. The Morgan fingerprint density at radius 3 is 2.47 bits per heavy atom. The van der Waals surface area contributed by atoms with Crippen molar-refractivity contribution in [2.75, 3.05) is 0 Å². The zero-order chi connectivity index (χ0) is 25.8. The number of para-hydroxylation sites is 2. The van der Waals surface area contributed by atoms with E-state index in [9.17, 15) is 4.79 Å². The van der Waals surface area contributed by atoms with Gasteiger partial charge in [0.05, 0.1) is 23.5 Å². The second-order valence-electron chi connectivity index (χ2n) is 9.13. The number of fused-ring (bicyclic) bond motifs is 1. The molecule has 184 valence electrons. The van der Waals surface area contributed by atoms with E-state index in [0.29, 0.717) is 23.6 Å². The average Bonchev–Trinajstić information content (AvgIpc) is 3.52. The molecule has 5 nitrogen and oxygen atoms in total. The van der Waals surface area contributed by atoms with Gasteiger partial charge in [-0.15, -0.1) is 0 Å². The molecule has 6 rings (SSSR count). The maximum atomic E-state index is 12.9. The summed E-state index contributed by atoms with van der Waals surface area (Å²) < 4.78 is 11.7. The van der Waals surface area contributed by atoms with Gasteiger partial charge >= 0.3 is 0 Å². The van der Waals surface area contributed by atoms with Gasteiger partial charge in [-0.2, -0.15) is 0 Å². The Morgan fingerprint density at radius 2 is 1.68 bits per heavy atom. The van der Waals surface area contributed by atoms with Crippen molar-refractivity contribution in [3.8, 4) is 11.6 Å². The molecule has 0 N–H and O–H groups in total. The Kier molecular flexibility index (Phi) is 6.24. The number of carbonyl (C=O) groups excluding carboxylic acids is 1. The van der Waals surface area contributed by atoms with E-state index in [0.717, 1.165) is 27.9 Å². The molecule has 2 aromatic heterocycles. The standard InChI is InChI=1S/C33H24N2O3/c36-30(24-8-2-1-3-9-24)18-20-33(19-6-10-25(22-33)31-13-7-21-37-31)26-14-16-27(17-15-26)38-32-23-34-28-11-4-5-12-29(28)35-32/h1-21,23H,22H2/b20-18+. The van der Waals surface area contributed by atoms with Crippen LogP contribution >= 0.6 is 0 Å². The lowest BCUT2D eigenvalue weighted by atomic mass is 9.72. The number of aromatic nitrogens is 2. The molecule has 1 unspecified atom stereocenters. The van der Waals surface area contributed by atoms with E-state index < -0.39 is 5.41 Å². The van der Waals surface area contributed by atoms with E-state index in [-0.39, 0.29) is 5.78 Å². The number of furan rings is 1. The van der Waals surface area contributed by atoms with Crippen LogP contribution in [0.1, 0.15) is 28.1 Å². The first kappa shape index (κ1) is 23.4. The smallest absolute Gasteiger partial charge is 0.238 e. The van der Waals surface area contributed by atoms with E-state index in [1.54, 1.807) is 18.5 Å². The third kappa shape index (κ3) is 4.82. The van der Waals surface area contributed by atoms with Crippen LogP contribution < -0.4 is 4.74 Å². The second kappa shape index (κ2) is 10.1. The zero-order valence-electron chi connectivity index (χ0n) is 20.5. The molecule has 0 radical (unpaired) electrons. The summed E-state index contributed by atoms with van der Waals surface area (Å²) in [7, 11) is 0. The number of ketones is 1. The third-order valence-corrected chi connectivity index (χ3v) is 6.64. The minimum absolute atomic E-state index is 0.0395. The lowest BCUT2D eigenvalue weighted by Crippen LogP contribution is -2.23. The van der Waals surface area contributed by atoms with Gasteiger partial charge in [-0.3, -0.25) is 4.79 Å². The molecule has 0 amide bonds. The maximum absolute atomic E-state index is 12.9. The first-order valence-corrected chi connectivity index (χ1v) is 12.4. The first-order chi connectivity index (χ1) is 18.7. The SMILES string of the molecule is O=C(/C=C/C1(c2ccc(Oc3cnc4ccccc4n3)cc2)C=CC=C(c2ccco2)C1)c1ccccc1. The summed E-state index contributed by atoms with van der Waals surface area (Å²) >= 11 is 0. The van der Waals surface area contributed by atoms with Gasteiger partial charge in [-0.25, -0.2) is 9.97 Å². The highest BCUT2D eigenvalue weighted by Crippen LogP contribution is 2.41. The normalized spacial score (nSPS) is 17.0. The van der Waals surface area contributed by atoms with Gasteiger partial charge in [0.15, 0.2) is 5.78 Å². The highest BCUT2D eigenvalue weighted by molar-refractivity contribution is 6.04. The molecule has 0 spiro atoms. The summed E-state index contributed by atoms with van der Waals surface area (Å²) in [5.74, 6) is 1.86. The predicted octanol–water partition coefficient (Wildman–Crippen LogP) is 7.74. The van der Waals surface area contributed by atoms with Gasteiger partial charge in [0.1, 0.15) is 11.5 Å². The van der Waals surface area contributed by atoms with E-state index >= 15 is 0 Å². The van der Waals surface area contributed by atoms with Crippen molar-refractivity contribution in [2.24, 2.45) is 0 Å². The van der Waals surface area contributed by atoms with Gasteiger partial charge < -0.3 is 9.15 Å². The lowest BCUT2D eigenvalue weighted by Gasteiger charge is -2.31. The minimum atomic E-state index is -0.539. The summed E-state index contributed by atoms with van der Waals surface area (Å²) in [4.78, 5) is 21.9. The molecule has 1 atom stereocenters. The first-order valence-electron chi connectivity index (χ1n) is 12.4. The minimum Gasteiger partial charge on any atom is -0.465 e. The van der Waals surface area contributed by atoms with Crippen LogP contribution in [0.2, 0.25) is 0 Å². The van der Waals surface area contributed by atoms with Crippen LogP contribution in [0.25, 0.3) is 16.6 Å². The van der Waals surface area contributed by atoms with Crippen LogP contribution in [0.15, 0.2) is 138 Å². The number of hydrogen-bond donors (Lipinski definition) is 0. The molecule has 5 aromatic rings. The predicted molar refractivity (Wildman–Crippen MR) is 148 cm³/mol. The van der Waals surface area contributed by atoms with E-state index in [1.165, 1.54) is 0 Å². The summed E-state index contributed by atoms with van der Waals surface area (Å²) in [6.07, 6.45) is 13.8. The Morgan fingerprint density at radius 1 is 0.895 bits per heavy atom. The fourth-order valence-corrected chi connectivity index (χ4v) is 4.67. The van der Waals surface area contributed by atoms with Gasteiger partial charge in [-0.05, 0) is 60.0 Å². The van der Waals surface area contributed by atoms with Crippen LogP contribution in [0.5, 0.6) is 11.6 Å². The number of ether oxygens (including phenoxy) is 1. The summed E-state index contributed by atoms with van der Waals surface area (Å²) in [5, 5.41) is 0. The topological polar surface area (TPSA) is 65.2 Å². The highest BCUT2D eigenvalue weighted by atomic mass is 16.5. The number of benzene rings is 3. The monoisotopic (exact) mass is 496 g/mol. The molecular formula is C33H24N2O3. The Labute approximate surface area is 220 Å². The molecule has 0 fully saturated rings.